The van der Waals surface area contributed by atoms with Crippen LogP contribution in [0.15, 0.2) is 78.9 Å². The Kier molecular flexibility index (Phi) is 4.73. The van der Waals surface area contributed by atoms with E-state index in [1.807, 2.05) is 30.3 Å². The molecule has 1 nitrogen and oxygen atoms in total. The molecule has 0 radical (unpaired) electrons. The molecule has 0 spiro atoms. The SMILES string of the molecule is Cc1cccc([C@@H](C)C(O)(c2ccccc2)C2C=CC=CC2C)c1. The molecule has 0 aliphatic heterocycles. The zero-order valence-corrected chi connectivity index (χ0v) is 14.7. The Morgan fingerprint density at radius 3 is 2.33 bits per heavy atom. The Morgan fingerprint density at radius 2 is 1.67 bits per heavy atom. The van der Waals surface area contributed by atoms with Gasteiger partial charge >= 0.3 is 0 Å². The fraction of sp³-hybridized carbons (Fsp3) is 0.304. The van der Waals surface area contributed by atoms with E-state index in [0.29, 0.717) is 0 Å². The van der Waals surface area contributed by atoms with Gasteiger partial charge < -0.3 is 5.11 Å². The van der Waals surface area contributed by atoms with Gasteiger partial charge in [-0.1, -0.05) is 98.3 Å². The molecule has 1 aliphatic rings. The topological polar surface area (TPSA) is 20.2 Å². The van der Waals surface area contributed by atoms with Crippen LogP contribution in [-0.2, 0) is 5.60 Å². The second-order valence-corrected chi connectivity index (χ2v) is 6.98. The molecule has 0 fully saturated rings. The van der Waals surface area contributed by atoms with Crippen LogP contribution >= 0.6 is 0 Å². The van der Waals surface area contributed by atoms with Crippen molar-refractivity contribution in [2.24, 2.45) is 11.8 Å². The van der Waals surface area contributed by atoms with Crippen molar-refractivity contribution in [2.45, 2.75) is 32.3 Å². The van der Waals surface area contributed by atoms with Crippen molar-refractivity contribution in [2.75, 3.05) is 0 Å². The van der Waals surface area contributed by atoms with E-state index >= 15 is 0 Å². The predicted molar refractivity (Wildman–Crippen MR) is 101 cm³/mol. The van der Waals surface area contributed by atoms with E-state index in [4.69, 9.17) is 0 Å². The van der Waals surface area contributed by atoms with Crippen LogP contribution in [0.5, 0.6) is 0 Å². The molecular weight excluding hydrogens is 292 g/mol. The molecule has 2 aromatic rings. The van der Waals surface area contributed by atoms with Crippen molar-refractivity contribution in [3.8, 4) is 0 Å². The van der Waals surface area contributed by atoms with Gasteiger partial charge in [-0.05, 0) is 24.0 Å². The van der Waals surface area contributed by atoms with Crippen LogP contribution in [0.25, 0.3) is 0 Å². The van der Waals surface area contributed by atoms with Crippen LogP contribution in [0, 0.1) is 18.8 Å². The van der Waals surface area contributed by atoms with E-state index in [1.54, 1.807) is 0 Å². The van der Waals surface area contributed by atoms with Gasteiger partial charge in [0.25, 0.3) is 0 Å². The van der Waals surface area contributed by atoms with Gasteiger partial charge in [-0.15, -0.1) is 0 Å². The fourth-order valence-corrected chi connectivity index (χ4v) is 3.90. The average Bonchev–Trinajstić information content (AvgIpc) is 2.61. The molecule has 0 aromatic heterocycles. The lowest BCUT2D eigenvalue weighted by molar-refractivity contribution is -0.0401. The van der Waals surface area contributed by atoms with E-state index < -0.39 is 5.60 Å². The third-order valence-electron chi connectivity index (χ3n) is 5.36. The third-order valence-corrected chi connectivity index (χ3v) is 5.36. The Balaban J connectivity index is 2.12. The van der Waals surface area contributed by atoms with Gasteiger partial charge in [0.05, 0.1) is 0 Å². The van der Waals surface area contributed by atoms with E-state index in [0.717, 1.165) is 5.56 Å². The number of benzene rings is 2. The highest BCUT2D eigenvalue weighted by Gasteiger charge is 2.44. The Morgan fingerprint density at radius 1 is 0.958 bits per heavy atom. The molecule has 1 aliphatic carbocycles. The van der Waals surface area contributed by atoms with E-state index in [2.05, 4.69) is 69.3 Å². The van der Waals surface area contributed by atoms with E-state index in [1.165, 1.54) is 11.1 Å². The second-order valence-electron chi connectivity index (χ2n) is 6.98. The lowest BCUT2D eigenvalue weighted by atomic mass is 9.65. The summed E-state index contributed by atoms with van der Waals surface area (Å²) < 4.78 is 0. The molecule has 0 saturated carbocycles. The minimum atomic E-state index is -0.949. The van der Waals surface area contributed by atoms with Gasteiger partial charge in [-0.3, -0.25) is 0 Å². The largest absolute Gasteiger partial charge is 0.384 e. The highest BCUT2D eigenvalue weighted by Crippen LogP contribution is 2.47. The van der Waals surface area contributed by atoms with Crippen LogP contribution in [0.3, 0.4) is 0 Å². The molecule has 1 heteroatoms. The van der Waals surface area contributed by atoms with Gasteiger partial charge in [-0.2, -0.15) is 0 Å². The Hall–Kier alpha value is -2.12. The summed E-state index contributed by atoms with van der Waals surface area (Å²) in [7, 11) is 0. The quantitative estimate of drug-likeness (QED) is 0.804. The van der Waals surface area contributed by atoms with Gasteiger partial charge in [-0.25, -0.2) is 0 Å². The number of rotatable bonds is 4. The first kappa shape index (κ1) is 16.7. The monoisotopic (exact) mass is 318 g/mol. The minimum Gasteiger partial charge on any atom is -0.384 e. The number of hydrogen-bond donors (Lipinski definition) is 1. The second kappa shape index (κ2) is 6.78. The summed E-state index contributed by atoms with van der Waals surface area (Å²) in [5, 5.41) is 12.0. The van der Waals surface area contributed by atoms with E-state index in [9.17, 15) is 5.11 Å². The van der Waals surface area contributed by atoms with Crippen LogP contribution in [0.4, 0.5) is 0 Å². The zero-order chi connectivity index (χ0) is 17.2. The lowest BCUT2D eigenvalue weighted by Crippen LogP contribution is -2.42. The minimum absolute atomic E-state index is 0.0107. The highest BCUT2D eigenvalue weighted by molar-refractivity contribution is 5.36. The summed E-state index contributed by atoms with van der Waals surface area (Å²) in [6.07, 6.45) is 8.47. The molecule has 4 atom stereocenters. The molecule has 0 saturated heterocycles. The van der Waals surface area contributed by atoms with Crippen molar-refractivity contribution < 1.29 is 5.11 Å². The number of hydrogen-bond acceptors (Lipinski definition) is 1. The average molecular weight is 318 g/mol. The predicted octanol–water partition coefficient (Wildman–Crippen LogP) is 5.36. The van der Waals surface area contributed by atoms with Gasteiger partial charge in [0.1, 0.15) is 5.60 Å². The summed E-state index contributed by atoms with van der Waals surface area (Å²) in [5.74, 6) is 0.316. The first-order valence-corrected chi connectivity index (χ1v) is 8.73. The molecule has 0 heterocycles. The molecule has 3 unspecified atom stereocenters. The summed E-state index contributed by atoms with van der Waals surface area (Å²) in [4.78, 5) is 0. The zero-order valence-electron chi connectivity index (χ0n) is 14.7. The third kappa shape index (κ3) is 2.97. The molecule has 0 amide bonds. The molecule has 24 heavy (non-hydrogen) atoms. The number of aryl methyl sites for hydroxylation is 1. The molecule has 1 N–H and O–H groups in total. The smallest absolute Gasteiger partial charge is 0.103 e. The first-order chi connectivity index (χ1) is 11.5. The summed E-state index contributed by atoms with van der Waals surface area (Å²) in [5.41, 5.74) is 2.43. The van der Waals surface area contributed by atoms with Crippen LogP contribution in [0.2, 0.25) is 0 Å². The Bertz CT molecular complexity index is 744. The maximum atomic E-state index is 12.0. The Labute approximate surface area is 145 Å². The maximum Gasteiger partial charge on any atom is 0.103 e. The lowest BCUT2D eigenvalue weighted by Gasteiger charge is -2.43. The van der Waals surface area contributed by atoms with Gasteiger partial charge in [0.15, 0.2) is 0 Å². The number of aliphatic hydroxyl groups is 1. The van der Waals surface area contributed by atoms with Crippen LogP contribution in [0.1, 0.15) is 36.5 Å². The molecule has 3 rings (SSSR count). The molecule has 0 bridgehead atoms. The van der Waals surface area contributed by atoms with Crippen molar-refractivity contribution in [1.29, 1.82) is 0 Å². The molecule has 2 aromatic carbocycles. The van der Waals surface area contributed by atoms with Crippen molar-refractivity contribution in [3.63, 3.8) is 0 Å². The summed E-state index contributed by atoms with van der Waals surface area (Å²) in [6.45, 7) is 6.42. The molecule has 124 valence electrons. The van der Waals surface area contributed by atoms with E-state index in [-0.39, 0.29) is 17.8 Å². The van der Waals surface area contributed by atoms with Crippen molar-refractivity contribution in [3.05, 3.63) is 95.6 Å². The summed E-state index contributed by atoms with van der Waals surface area (Å²) >= 11 is 0. The van der Waals surface area contributed by atoms with Gasteiger partial charge in [0.2, 0.25) is 0 Å². The van der Waals surface area contributed by atoms with Gasteiger partial charge in [0, 0.05) is 11.8 Å². The summed E-state index contributed by atoms with van der Waals surface area (Å²) in [6, 6.07) is 18.6. The molecular formula is C23H26O. The van der Waals surface area contributed by atoms with Crippen LogP contribution in [-0.4, -0.2) is 5.11 Å². The first-order valence-electron chi connectivity index (χ1n) is 8.73. The standard InChI is InChI=1S/C23H26O/c1-17-10-9-12-20(16-17)19(3)23(24,21-13-5-4-6-14-21)22-15-8-7-11-18(22)2/h4-16,18-19,22,24H,1-3H3/t18?,19-,22?,23?/m1/s1. The van der Waals surface area contributed by atoms with Crippen molar-refractivity contribution >= 4 is 0 Å². The highest BCUT2D eigenvalue weighted by atomic mass is 16.3. The number of allylic oxidation sites excluding steroid dienone is 3. The van der Waals surface area contributed by atoms with Crippen molar-refractivity contribution in [1.82, 2.24) is 0 Å². The maximum absolute atomic E-state index is 12.0. The van der Waals surface area contributed by atoms with Crippen LogP contribution < -0.4 is 0 Å². The normalized spacial score (nSPS) is 23.7. The fourth-order valence-electron chi connectivity index (χ4n) is 3.90.